The van der Waals surface area contributed by atoms with E-state index in [1.54, 1.807) is 18.7 Å². The van der Waals surface area contributed by atoms with Crippen LogP contribution in [-0.4, -0.2) is 33.8 Å². The van der Waals surface area contributed by atoms with Gasteiger partial charge in [0, 0.05) is 23.9 Å². The molecule has 4 nitrogen and oxygen atoms in total. The summed E-state index contributed by atoms with van der Waals surface area (Å²) in [5.74, 6) is 0. The SMILES string of the molecule is CCC1(CC(C)(C)O)CCN(C(C)c2ccc(Br)cc2)C(=O)O1. The lowest BCUT2D eigenvalue weighted by Crippen LogP contribution is -2.52. The van der Waals surface area contributed by atoms with Gasteiger partial charge in [-0.05, 0) is 44.9 Å². The highest BCUT2D eigenvalue weighted by Gasteiger charge is 2.43. The Morgan fingerprint density at radius 1 is 1.39 bits per heavy atom. The van der Waals surface area contributed by atoms with E-state index in [1.165, 1.54) is 0 Å². The van der Waals surface area contributed by atoms with Crippen molar-refractivity contribution < 1.29 is 14.6 Å². The predicted molar refractivity (Wildman–Crippen MR) is 94.3 cm³/mol. The second-order valence-electron chi connectivity index (χ2n) is 7.06. The maximum atomic E-state index is 12.5. The van der Waals surface area contributed by atoms with Gasteiger partial charge in [0.2, 0.25) is 0 Å². The number of halogens is 1. The first-order valence-corrected chi connectivity index (χ1v) is 8.92. The van der Waals surface area contributed by atoms with E-state index < -0.39 is 11.2 Å². The summed E-state index contributed by atoms with van der Waals surface area (Å²) in [5, 5.41) is 10.1. The largest absolute Gasteiger partial charge is 0.443 e. The highest BCUT2D eigenvalue weighted by molar-refractivity contribution is 9.10. The summed E-state index contributed by atoms with van der Waals surface area (Å²) in [6.07, 6.45) is 1.62. The molecule has 2 rings (SSSR count). The van der Waals surface area contributed by atoms with Gasteiger partial charge < -0.3 is 14.7 Å². The van der Waals surface area contributed by atoms with Crippen LogP contribution < -0.4 is 0 Å². The number of hydrogen-bond acceptors (Lipinski definition) is 3. The van der Waals surface area contributed by atoms with Crippen LogP contribution in [0.1, 0.15) is 58.6 Å². The number of ether oxygens (including phenoxy) is 1. The van der Waals surface area contributed by atoms with Crippen LogP contribution in [0, 0.1) is 0 Å². The molecule has 23 heavy (non-hydrogen) atoms. The Morgan fingerprint density at radius 3 is 2.48 bits per heavy atom. The first-order valence-electron chi connectivity index (χ1n) is 8.13. The molecule has 1 amide bonds. The molecule has 128 valence electrons. The number of carbonyl (C=O) groups is 1. The highest BCUT2D eigenvalue weighted by atomic mass is 79.9. The third-order valence-corrected chi connectivity index (χ3v) is 5.09. The Hall–Kier alpha value is -1.07. The monoisotopic (exact) mass is 383 g/mol. The number of carbonyl (C=O) groups excluding carboxylic acids is 1. The lowest BCUT2D eigenvalue weighted by molar-refractivity contribution is -0.0977. The molecule has 0 radical (unpaired) electrons. The fraction of sp³-hybridized carbons (Fsp3) is 0.611. The van der Waals surface area contributed by atoms with Gasteiger partial charge in [0.15, 0.2) is 0 Å². The van der Waals surface area contributed by atoms with Gasteiger partial charge in [0.05, 0.1) is 11.6 Å². The van der Waals surface area contributed by atoms with Gasteiger partial charge >= 0.3 is 6.09 Å². The zero-order valence-electron chi connectivity index (χ0n) is 14.3. The lowest BCUT2D eigenvalue weighted by Gasteiger charge is -2.44. The van der Waals surface area contributed by atoms with Crippen LogP contribution in [0.4, 0.5) is 4.79 Å². The van der Waals surface area contributed by atoms with Gasteiger partial charge in [-0.3, -0.25) is 0 Å². The molecule has 1 fully saturated rings. The number of rotatable bonds is 5. The normalized spacial score (nSPS) is 23.6. The van der Waals surface area contributed by atoms with Crippen molar-refractivity contribution in [1.82, 2.24) is 4.90 Å². The Labute approximate surface area is 147 Å². The molecule has 1 N–H and O–H groups in total. The molecule has 1 aliphatic rings. The first kappa shape index (κ1) is 18.3. The topological polar surface area (TPSA) is 49.8 Å². The maximum Gasteiger partial charge on any atom is 0.410 e. The summed E-state index contributed by atoms with van der Waals surface area (Å²) in [4.78, 5) is 14.3. The van der Waals surface area contributed by atoms with E-state index in [9.17, 15) is 9.90 Å². The molecule has 1 aromatic carbocycles. The Morgan fingerprint density at radius 2 is 2.00 bits per heavy atom. The number of benzene rings is 1. The maximum absolute atomic E-state index is 12.5. The van der Waals surface area contributed by atoms with Crippen LogP contribution >= 0.6 is 15.9 Å². The molecule has 1 aliphatic heterocycles. The predicted octanol–water partition coefficient (Wildman–Crippen LogP) is 4.66. The molecule has 2 atom stereocenters. The number of cyclic esters (lactones) is 1. The summed E-state index contributed by atoms with van der Waals surface area (Å²) in [5.41, 5.74) is -0.335. The number of nitrogens with zero attached hydrogens (tertiary/aromatic N) is 1. The van der Waals surface area contributed by atoms with Crippen molar-refractivity contribution in [3.05, 3.63) is 34.3 Å². The van der Waals surface area contributed by atoms with E-state index in [2.05, 4.69) is 15.9 Å². The van der Waals surface area contributed by atoms with Crippen molar-refractivity contribution in [3.8, 4) is 0 Å². The molecule has 1 aromatic rings. The highest BCUT2D eigenvalue weighted by Crippen LogP contribution is 2.37. The number of aliphatic hydroxyl groups is 1. The van der Waals surface area contributed by atoms with E-state index >= 15 is 0 Å². The van der Waals surface area contributed by atoms with Gasteiger partial charge in [-0.2, -0.15) is 0 Å². The summed E-state index contributed by atoms with van der Waals surface area (Å²) in [7, 11) is 0. The fourth-order valence-electron chi connectivity index (χ4n) is 3.27. The third-order valence-electron chi connectivity index (χ3n) is 4.57. The fourth-order valence-corrected chi connectivity index (χ4v) is 3.53. The summed E-state index contributed by atoms with van der Waals surface area (Å²) in [6.45, 7) is 8.18. The average Bonchev–Trinajstić information content (AvgIpc) is 2.46. The summed E-state index contributed by atoms with van der Waals surface area (Å²) >= 11 is 3.43. The summed E-state index contributed by atoms with van der Waals surface area (Å²) < 4.78 is 6.81. The molecule has 0 aliphatic carbocycles. The van der Waals surface area contributed by atoms with Crippen molar-refractivity contribution in [2.45, 2.75) is 64.2 Å². The molecular formula is C18H26BrNO3. The van der Waals surface area contributed by atoms with Crippen molar-refractivity contribution >= 4 is 22.0 Å². The summed E-state index contributed by atoms with van der Waals surface area (Å²) in [6, 6.07) is 7.95. The molecule has 0 saturated carbocycles. The Bertz CT molecular complexity index is 552. The number of amides is 1. The van der Waals surface area contributed by atoms with Crippen LogP contribution in [0.3, 0.4) is 0 Å². The molecule has 0 aromatic heterocycles. The second kappa shape index (κ2) is 6.81. The van der Waals surface area contributed by atoms with Crippen LogP contribution in [0.5, 0.6) is 0 Å². The second-order valence-corrected chi connectivity index (χ2v) is 7.98. The van der Waals surface area contributed by atoms with Gasteiger partial charge in [0.25, 0.3) is 0 Å². The van der Waals surface area contributed by atoms with E-state index in [0.29, 0.717) is 19.4 Å². The quantitative estimate of drug-likeness (QED) is 0.803. The van der Waals surface area contributed by atoms with Gasteiger partial charge in [0.1, 0.15) is 5.60 Å². The van der Waals surface area contributed by atoms with E-state index in [4.69, 9.17) is 4.74 Å². The standard InChI is InChI=1S/C18H26BrNO3/c1-5-18(12-17(3,4)22)10-11-20(16(21)23-18)13(2)14-6-8-15(19)9-7-14/h6-9,13,22H,5,10-12H2,1-4H3. The van der Waals surface area contributed by atoms with Crippen LogP contribution in [0.25, 0.3) is 0 Å². The molecule has 0 bridgehead atoms. The lowest BCUT2D eigenvalue weighted by atomic mass is 9.83. The van der Waals surface area contributed by atoms with Crippen molar-refractivity contribution in [2.75, 3.05) is 6.54 Å². The molecule has 5 heteroatoms. The Kier molecular flexibility index (Phi) is 5.41. The van der Waals surface area contributed by atoms with Crippen molar-refractivity contribution in [2.24, 2.45) is 0 Å². The minimum absolute atomic E-state index is 0.0346. The molecule has 2 unspecified atom stereocenters. The van der Waals surface area contributed by atoms with Crippen LogP contribution in [-0.2, 0) is 4.74 Å². The van der Waals surface area contributed by atoms with Crippen molar-refractivity contribution in [3.63, 3.8) is 0 Å². The Balaban J connectivity index is 2.11. The number of hydrogen-bond donors (Lipinski definition) is 1. The van der Waals surface area contributed by atoms with E-state index in [1.807, 2.05) is 38.1 Å². The van der Waals surface area contributed by atoms with Gasteiger partial charge in [-0.25, -0.2) is 4.79 Å². The van der Waals surface area contributed by atoms with Crippen LogP contribution in [0.2, 0.25) is 0 Å². The smallest absolute Gasteiger partial charge is 0.410 e. The zero-order valence-corrected chi connectivity index (χ0v) is 15.9. The van der Waals surface area contributed by atoms with Crippen LogP contribution in [0.15, 0.2) is 28.7 Å². The zero-order chi connectivity index (χ0) is 17.3. The van der Waals surface area contributed by atoms with Gasteiger partial charge in [-0.15, -0.1) is 0 Å². The molecule has 1 saturated heterocycles. The minimum atomic E-state index is -0.851. The van der Waals surface area contributed by atoms with Crippen molar-refractivity contribution in [1.29, 1.82) is 0 Å². The third kappa shape index (κ3) is 4.48. The average molecular weight is 384 g/mol. The molecule has 1 heterocycles. The van der Waals surface area contributed by atoms with E-state index in [-0.39, 0.29) is 12.1 Å². The minimum Gasteiger partial charge on any atom is -0.443 e. The molecular weight excluding hydrogens is 358 g/mol. The molecule has 0 spiro atoms. The van der Waals surface area contributed by atoms with E-state index in [0.717, 1.165) is 16.5 Å². The first-order chi connectivity index (χ1) is 10.7. The van der Waals surface area contributed by atoms with Gasteiger partial charge in [-0.1, -0.05) is 35.0 Å².